The second kappa shape index (κ2) is 4.00. The SMILES string of the molecule is [CH2]CC(C)CCC(C)(C)C. The Labute approximate surface area is 66.0 Å². The smallest absolute Gasteiger partial charge is 0.0383 e. The van der Waals surface area contributed by atoms with E-state index in [0.29, 0.717) is 5.41 Å². The van der Waals surface area contributed by atoms with Crippen molar-refractivity contribution >= 4 is 0 Å². The van der Waals surface area contributed by atoms with Crippen molar-refractivity contribution in [2.45, 2.75) is 47.0 Å². The topological polar surface area (TPSA) is 0 Å². The number of rotatable bonds is 3. The summed E-state index contributed by atoms with van der Waals surface area (Å²) in [5.74, 6) is 0.805. The Morgan fingerprint density at radius 2 is 1.80 bits per heavy atom. The monoisotopic (exact) mass is 141 g/mol. The van der Waals surface area contributed by atoms with Crippen molar-refractivity contribution in [1.82, 2.24) is 0 Å². The fraction of sp³-hybridized carbons (Fsp3) is 0.900. The molecule has 0 heteroatoms. The lowest BCUT2D eigenvalue weighted by Crippen LogP contribution is -2.07. The molecule has 0 aliphatic heterocycles. The molecule has 0 spiro atoms. The molecule has 0 aliphatic carbocycles. The van der Waals surface area contributed by atoms with Crippen molar-refractivity contribution in [3.63, 3.8) is 0 Å². The fourth-order valence-corrected chi connectivity index (χ4v) is 0.824. The van der Waals surface area contributed by atoms with E-state index in [1.54, 1.807) is 0 Å². The molecule has 0 bridgehead atoms. The van der Waals surface area contributed by atoms with Gasteiger partial charge in [-0.05, 0) is 17.8 Å². The summed E-state index contributed by atoms with van der Waals surface area (Å²) in [6.45, 7) is 13.0. The highest BCUT2D eigenvalue weighted by Crippen LogP contribution is 2.24. The molecule has 0 aromatic rings. The first kappa shape index (κ1) is 10.0. The summed E-state index contributed by atoms with van der Waals surface area (Å²) in [5.41, 5.74) is 0.503. The van der Waals surface area contributed by atoms with Crippen molar-refractivity contribution in [2.24, 2.45) is 11.3 Å². The highest BCUT2D eigenvalue weighted by Gasteiger charge is 2.10. The van der Waals surface area contributed by atoms with Crippen LogP contribution in [0.15, 0.2) is 0 Å². The van der Waals surface area contributed by atoms with Crippen molar-refractivity contribution in [3.8, 4) is 0 Å². The van der Waals surface area contributed by atoms with Crippen molar-refractivity contribution in [2.75, 3.05) is 0 Å². The molecule has 10 heavy (non-hydrogen) atoms. The predicted octanol–water partition coefficient (Wildman–Crippen LogP) is 3.67. The summed E-state index contributed by atoms with van der Waals surface area (Å²) in [5, 5.41) is 0. The molecule has 0 heterocycles. The van der Waals surface area contributed by atoms with E-state index in [2.05, 4.69) is 34.6 Å². The van der Waals surface area contributed by atoms with Crippen LogP contribution < -0.4 is 0 Å². The van der Waals surface area contributed by atoms with Gasteiger partial charge in [0.1, 0.15) is 0 Å². The van der Waals surface area contributed by atoms with E-state index < -0.39 is 0 Å². The fourth-order valence-electron chi connectivity index (χ4n) is 0.824. The largest absolute Gasteiger partial charge is 0.0625 e. The van der Waals surface area contributed by atoms with Crippen LogP contribution in [0, 0.1) is 18.3 Å². The Morgan fingerprint density at radius 3 is 2.10 bits per heavy atom. The van der Waals surface area contributed by atoms with Crippen LogP contribution in [0.1, 0.15) is 47.0 Å². The second-order valence-electron chi connectivity index (χ2n) is 4.49. The third kappa shape index (κ3) is 6.12. The summed E-state index contributed by atoms with van der Waals surface area (Å²) in [6.07, 6.45) is 3.73. The van der Waals surface area contributed by atoms with Gasteiger partial charge in [-0.15, -0.1) is 0 Å². The molecule has 0 rings (SSSR count). The van der Waals surface area contributed by atoms with Crippen LogP contribution in [-0.4, -0.2) is 0 Å². The van der Waals surface area contributed by atoms with Crippen LogP contribution in [0.25, 0.3) is 0 Å². The number of hydrogen-bond acceptors (Lipinski definition) is 0. The molecule has 0 aromatic carbocycles. The highest BCUT2D eigenvalue weighted by molar-refractivity contribution is 4.64. The normalized spacial score (nSPS) is 15.3. The molecule has 0 saturated heterocycles. The lowest BCUT2D eigenvalue weighted by molar-refractivity contribution is 0.330. The van der Waals surface area contributed by atoms with Crippen molar-refractivity contribution < 1.29 is 0 Å². The first-order valence-corrected chi connectivity index (χ1v) is 4.25. The molecule has 0 aromatic heterocycles. The molecule has 1 radical (unpaired) electrons. The minimum atomic E-state index is 0.503. The van der Waals surface area contributed by atoms with Gasteiger partial charge in [-0.2, -0.15) is 0 Å². The van der Waals surface area contributed by atoms with Gasteiger partial charge in [0.2, 0.25) is 0 Å². The summed E-state index contributed by atoms with van der Waals surface area (Å²) in [4.78, 5) is 0. The van der Waals surface area contributed by atoms with Crippen LogP contribution in [0.3, 0.4) is 0 Å². The highest BCUT2D eigenvalue weighted by atomic mass is 14.2. The Hall–Kier alpha value is 0. The Kier molecular flexibility index (Phi) is 4.00. The second-order valence-corrected chi connectivity index (χ2v) is 4.49. The molecule has 0 aliphatic rings. The zero-order valence-electron chi connectivity index (χ0n) is 7.91. The lowest BCUT2D eigenvalue weighted by atomic mass is 9.86. The maximum absolute atomic E-state index is 3.89. The van der Waals surface area contributed by atoms with Gasteiger partial charge in [-0.3, -0.25) is 0 Å². The van der Waals surface area contributed by atoms with E-state index in [9.17, 15) is 0 Å². The van der Waals surface area contributed by atoms with E-state index in [-0.39, 0.29) is 0 Å². The number of hydrogen-bond donors (Lipinski definition) is 0. The van der Waals surface area contributed by atoms with Crippen LogP contribution in [-0.2, 0) is 0 Å². The predicted molar refractivity (Wildman–Crippen MR) is 47.8 cm³/mol. The molecule has 0 nitrogen and oxygen atoms in total. The zero-order chi connectivity index (χ0) is 8.20. The molecular weight excluding hydrogens is 120 g/mol. The first-order chi connectivity index (χ1) is 4.45. The van der Waals surface area contributed by atoms with Gasteiger partial charge < -0.3 is 0 Å². The van der Waals surface area contributed by atoms with Crippen molar-refractivity contribution in [3.05, 3.63) is 6.92 Å². The Morgan fingerprint density at radius 1 is 1.30 bits per heavy atom. The van der Waals surface area contributed by atoms with E-state index in [1.807, 2.05) is 0 Å². The van der Waals surface area contributed by atoms with Crippen molar-refractivity contribution in [1.29, 1.82) is 0 Å². The molecule has 0 saturated carbocycles. The van der Waals surface area contributed by atoms with E-state index >= 15 is 0 Å². The van der Waals surface area contributed by atoms with Gasteiger partial charge in [-0.1, -0.05) is 47.5 Å². The van der Waals surface area contributed by atoms with Gasteiger partial charge in [0, 0.05) is 0 Å². The maximum atomic E-state index is 3.89. The average molecular weight is 141 g/mol. The molecular formula is C10H21. The average Bonchev–Trinajstić information content (AvgIpc) is 1.81. The summed E-state index contributed by atoms with van der Waals surface area (Å²) in [6, 6.07) is 0. The molecule has 1 atom stereocenters. The van der Waals surface area contributed by atoms with Gasteiger partial charge in [0.15, 0.2) is 0 Å². The van der Waals surface area contributed by atoms with Crippen LogP contribution in [0.4, 0.5) is 0 Å². The molecule has 61 valence electrons. The molecule has 0 fully saturated rings. The summed E-state index contributed by atoms with van der Waals surface area (Å²) >= 11 is 0. The van der Waals surface area contributed by atoms with Gasteiger partial charge in [0.05, 0.1) is 0 Å². The third-order valence-corrected chi connectivity index (χ3v) is 1.88. The summed E-state index contributed by atoms with van der Waals surface area (Å²) in [7, 11) is 0. The van der Waals surface area contributed by atoms with E-state index in [4.69, 9.17) is 0 Å². The lowest BCUT2D eigenvalue weighted by Gasteiger charge is -2.19. The Bertz CT molecular complexity index is 76.5. The van der Waals surface area contributed by atoms with Gasteiger partial charge in [0.25, 0.3) is 0 Å². The quantitative estimate of drug-likeness (QED) is 0.562. The molecule has 1 unspecified atom stereocenters. The molecule has 0 N–H and O–H groups in total. The van der Waals surface area contributed by atoms with Crippen LogP contribution in [0.2, 0.25) is 0 Å². The minimum Gasteiger partial charge on any atom is -0.0625 e. The standard InChI is InChI=1S/C10H21/c1-6-9(2)7-8-10(3,4)5/h9H,1,6-8H2,2-5H3. The first-order valence-electron chi connectivity index (χ1n) is 4.25. The summed E-state index contributed by atoms with van der Waals surface area (Å²) < 4.78 is 0. The third-order valence-electron chi connectivity index (χ3n) is 1.88. The Balaban J connectivity index is 3.36. The van der Waals surface area contributed by atoms with E-state index in [0.717, 1.165) is 12.3 Å². The van der Waals surface area contributed by atoms with Gasteiger partial charge in [-0.25, -0.2) is 0 Å². The van der Waals surface area contributed by atoms with E-state index in [1.165, 1.54) is 12.8 Å². The maximum Gasteiger partial charge on any atom is -0.0383 e. The van der Waals surface area contributed by atoms with Crippen LogP contribution in [0.5, 0.6) is 0 Å². The van der Waals surface area contributed by atoms with Gasteiger partial charge >= 0.3 is 0 Å². The zero-order valence-corrected chi connectivity index (χ0v) is 7.91. The molecule has 0 amide bonds. The minimum absolute atomic E-state index is 0.503. The van der Waals surface area contributed by atoms with Crippen LogP contribution >= 0.6 is 0 Å².